The average molecular weight is 524 g/mol. The van der Waals surface area contributed by atoms with E-state index >= 15 is 0 Å². The summed E-state index contributed by atoms with van der Waals surface area (Å²) in [7, 11) is 0. The zero-order valence-corrected chi connectivity index (χ0v) is 21.4. The van der Waals surface area contributed by atoms with Gasteiger partial charge in [-0.3, -0.25) is 14.4 Å². The normalized spacial score (nSPS) is 32.3. The Labute approximate surface area is 213 Å². The number of carbonyl (C=O) groups excluding carboxylic acids is 4. The van der Waals surface area contributed by atoms with Gasteiger partial charge in [0, 0.05) is 47.8 Å². The van der Waals surface area contributed by atoms with Crippen molar-refractivity contribution in [1.82, 2.24) is 20.4 Å². The highest BCUT2D eigenvalue weighted by Gasteiger charge is 2.60. The molecule has 7 atom stereocenters. The zero-order chi connectivity index (χ0) is 26.3. The van der Waals surface area contributed by atoms with Crippen molar-refractivity contribution in [3.05, 3.63) is 10.6 Å². The predicted octanol–water partition coefficient (Wildman–Crippen LogP) is -1.15. The highest BCUT2D eigenvalue weighted by molar-refractivity contribution is 8.03. The molecule has 1 unspecified atom stereocenters. The van der Waals surface area contributed by atoms with Crippen molar-refractivity contribution in [2.75, 3.05) is 26.2 Å². The molecule has 0 aliphatic carbocycles. The smallest absolute Gasteiger partial charge is 0.396 e. The Morgan fingerprint density at radius 1 is 1.33 bits per heavy atom. The van der Waals surface area contributed by atoms with Gasteiger partial charge in [0.05, 0.1) is 24.6 Å². The van der Waals surface area contributed by atoms with Crippen LogP contribution < -0.4 is 16.4 Å². The molecule has 5 N–H and O–H groups in total. The number of carboxylic acids is 1. The Balaban J connectivity index is 1.42. The topological polar surface area (TPSA) is 171 Å². The van der Waals surface area contributed by atoms with E-state index in [9.17, 15) is 29.1 Å². The monoisotopic (exact) mass is 523 g/mol. The van der Waals surface area contributed by atoms with Crippen LogP contribution in [-0.2, 0) is 28.7 Å². The molecule has 198 valence electrons. The van der Waals surface area contributed by atoms with Crippen LogP contribution in [0, 0.1) is 11.8 Å². The molecule has 12 nitrogen and oxygen atoms in total. The maximum absolute atomic E-state index is 13.0. The number of carbonyl (C=O) groups is 5. The van der Waals surface area contributed by atoms with Gasteiger partial charge in [-0.05, 0) is 26.7 Å². The van der Waals surface area contributed by atoms with E-state index in [4.69, 9.17) is 10.5 Å². The van der Waals surface area contributed by atoms with E-state index in [1.54, 1.807) is 18.7 Å². The lowest BCUT2D eigenvalue weighted by Gasteiger charge is -2.47. The molecular formula is C23H33N5O7S. The highest BCUT2D eigenvalue weighted by Crippen LogP contribution is 2.51. The number of hydrogen-bond donors (Lipinski definition) is 4. The number of esters is 1. The van der Waals surface area contributed by atoms with Gasteiger partial charge in [-0.15, -0.1) is 11.8 Å². The molecule has 0 radical (unpaired) electrons. The number of β-lactam (4-membered cyclic amide) rings is 1. The molecule has 0 spiro atoms. The van der Waals surface area contributed by atoms with Crippen molar-refractivity contribution in [2.24, 2.45) is 17.6 Å². The maximum Gasteiger partial charge on any atom is 0.396 e. The lowest BCUT2D eigenvalue weighted by atomic mass is 9.78. The quantitative estimate of drug-likeness (QED) is 0.181. The fourth-order valence-corrected chi connectivity index (χ4v) is 7.10. The molecule has 3 fully saturated rings. The molecular weight excluding hydrogens is 490 g/mol. The number of fused-ring (bicyclic) bond motifs is 1. The Hall–Kier alpha value is -2.64. The molecule has 0 aromatic rings. The second-order valence-corrected chi connectivity index (χ2v) is 11.1. The van der Waals surface area contributed by atoms with E-state index in [-0.39, 0.29) is 41.5 Å². The minimum absolute atomic E-state index is 0.00242. The van der Waals surface area contributed by atoms with E-state index in [0.717, 1.165) is 6.42 Å². The number of hydrogen-bond acceptors (Lipinski definition) is 9. The van der Waals surface area contributed by atoms with Crippen LogP contribution in [0.2, 0.25) is 0 Å². The molecule has 36 heavy (non-hydrogen) atoms. The van der Waals surface area contributed by atoms with Crippen LogP contribution in [0.1, 0.15) is 33.6 Å². The van der Waals surface area contributed by atoms with Crippen molar-refractivity contribution < 1.29 is 33.8 Å². The fourth-order valence-electron chi connectivity index (χ4n) is 5.62. The number of nitrogens with one attached hydrogen (secondary N) is 2. The van der Waals surface area contributed by atoms with E-state index in [1.165, 1.54) is 16.7 Å². The molecule has 4 aliphatic rings. The number of carboxylic acid groups (broad SMARTS) is 1. The van der Waals surface area contributed by atoms with Crippen LogP contribution in [0.5, 0.6) is 0 Å². The largest absolute Gasteiger partial charge is 0.477 e. The Bertz CT molecular complexity index is 1000. The minimum atomic E-state index is -1.19. The number of ether oxygens (including phenoxy) is 1. The van der Waals surface area contributed by atoms with Crippen LogP contribution in [0.15, 0.2) is 10.6 Å². The summed E-state index contributed by atoms with van der Waals surface area (Å²) < 4.78 is 4.70. The highest BCUT2D eigenvalue weighted by atomic mass is 32.2. The molecule has 0 saturated carbocycles. The van der Waals surface area contributed by atoms with Crippen molar-refractivity contribution in [3.63, 3.8) is 0 Å². The molecule has 0 bridgehead atoms. The first-order valence-electron chi connectivity index (χ1n) is 12.3. The predicted molar refractivity (Wildman–Crippen MR) is 129 cm³/mol. The fraction of sp³-hybridized carbons (Fsp3) is 0.696. The molecule has 13 heteroatoms. The van der Waals surface area contributed by atoms with E-state index in [0.29, 0.717) is 31.0 Å². The van der Waals surface area contributed by atoms with Crippen LogP contribution >= 0.6 is 11.8 Å². The van der Waals surface area contributed by atoms with Gasteiger partial charge in [0.1, 0.15) is 5.70 Å². The van der Waals surface area contributed by atoms with Gasteiger partial charge in [-0.2, -0.15) is 0 Å². The van der Waals surface area contributed by atoms with Crippen molar-refractivity contribution in [3.8, 4) is 0 Å². The second kappa shape index (κ2) is 10.4. The molecule has 0 aromatic heterocycles. The molecule has 4 aliphatic heterocycles. The van der Waals surface area contributed by atoms with Gasteiger partial charge >= 0.3 is 17.8 Å². The summed E-state index contributed by atoms with van der Waals surface area (Å²) in [5.41, 5.74) is 5.89. The van der Waals surface area contributed by atoms with E-state index in [1.807, 2.05) is 6.92 Å². The minimum Gasteiger partial charge on any atom is -0.477 e. The third kappa shape index (κ3) is 4.71. The summed E-state index contributed by atoms with van der Waals surface area (Å²) in [6.07, 6.45) is 1.33. The average Bonchev–Trinajstić information content (AvgIpc) is 3.52. The van der Waals surface area contributed by atoms with E-state index in [2.05, 4.69) is 10.6 Å². The number of amides is 3. The molecule has 0 aromatic carbocycles. The molecule has 3 saturated heterocycles. The van der Waals surface area contributed by atoms with Gasteiger partial charge in [-0.1, -0.05) is 6.92 Å². The number of nitrogens with two attached hydrogens (primary N) is 1. The van der Waals surface area contributed by atoms with Gasteiger partial charge in [-0.25, -0.2) is 9.59 Å². The molecule has 4 rings (SSSR count). The number of rotatable bonds is 7. The maximum atomic E-state index is 13.0. The second-order valence-electron chi connectivity index (χ2n) is 9.78. The summed E-state index contributed by atoms with van der Waals surface area (Å²) >= 11 is 1.40. The summed E-state index contributed by atoms with van der Waals surface area (Å²) in [4.78, 5) is 65.4. The van der Waals surface area contributed by atoms with Gasteiger partial charge < -0.3 is 36.0 Å². The Morgan fingerprint density at radius 2 is 2.06 bits per heavy atom. The Morgan fingerprint density at radius 3 is 2.67 bits per heavy atom. The number of thioether (sulfide) groups is 1. The van der Waals surface area contributed by atoms with Crippen molar-refractivity contribution in [1.29, 1.82) is 0 Å². The van der Waals surface area contributed by atoms with Crippen LogP contribution in [0.4, 0.5) is 0 Å². The standard InChI is InChI=1S/C23H33N5O7S/c1-4-35-23(34)19(29)26-11(3)15-16-10(2)18(17(22(32)33)28(16)21(15)31)36-13-7-14(25-8-13)20(30)27-6-5-12(24)9-27/h10-16,25H,4-9,24H2,1-3H3,(H,26,29)(H,32,33)/t10-,11-,12?,13+,14+,15-,16-/m1/s1. The number of aliphatic carboxylic acids is 1. The zero-order valence-electron chi connectivity index (χ0n) is 20.6. The van der Waals surface area contributed by atoms with Crippen LogP contribution in [0.3, 0.4) is 0 Å². The first-order chi connectivity index (χ1) is 17.0. The first kappa shape index (κ1) is 26.4. The van der Waals surface area contributed by atoms with Crippen molar-refractivity contribution >= 4 is 41.4 Å². The summed E-state index contributed by atoms with van der Waals surface area (Å²) in [5, 5.41) is 15.7. The summed E-state index contributed by atoms with van der Waals surface area (Å²) in [5.74, 6) is -4.48. The lowest BCUT2D eigenvalue weighted by Crippen LogP contribution is -2.66. The lowest BCUT2D eigenvalue weighted by molar-refractivity contribution is -0.160. The first-order valence-corrected chi connectivity index (χ1v) is 13.2. The van der Waals surface area contributed by atoms with Gasteiger partial charge in [0.25, 0.3) is 0 Å². The van der Waals surface area contributed by atoms with Gasteiger partial charge in [0.15, 0.2) is 0 Å². The SMILES string of the molecule is CCOC(=O)C(=O)N[C@H](C)[C@H]1C(=O)N2C(C(=O)O)=C(S[C@@H]3CN[C@H](C(=O)N4CCC(N)C4)C3)[C@H](C)[C@H]12. The van der Waals surface area contributed by atoms with Crippen molar-refractivity contribution in [2.45, 2.75) is 63.0 Å². The molecule has 4 heterocycles. The van der Waals surface area contributed by atoms with Crippen LogP contribution in [0.25, 0.3) is 0 Å². The molecule has 3 amide bonds. The third-order valence-electron chi connectivity index (χ3n) is 7.37. The number of likely N-dealkylation sites (tertiary alicyclic amines) is 1. The van der Waals surface area contributed by atoms with E-state index < -0.39 is 41.8 Å². The summed E-state index contributed by atoms with van der Waals surface area (Å²) in [6, 6.07) is -1.47. The van der Waals surface area contributed by atoms with Crippen LogP contribution in [-0.4, -0.2) is 100 Å². The van der Waals surface area contributed by atoms with Gasteiger partial charge in [0.2, 0.25) is 11.8 Å². The third-order valence-corrected chi connectivity index (χ3v) is 8.88. The Kier molecular flexibility index (Phi) is 7.62. The summed E-state index contributed by atoms with van der Waals surface area (Å²) in [6.45, 7) is 6.86. The number of nitrogens with zero attached hydrogens (tertiary/aromatic N) is 2.